The monoisotopic (exact) mass is 230 g/mol. The summed E-state index contributed by atoms with van der Waals surface area (Å²) >= 11 is 1.59. The number of fused-ring (bicyclic) bond motifs is 1. The number of aromatic nitrogens is 2. The molecule has 0 aliphatic carbocycles. The molecule has 2 heterocycles. The first-order valence-corrected chi connectivity index (χ1v) is 6.04. The second kappa shape index (κ2) is 3.72. The van der Waals surface area contributed by atoms with Gasteiger partial charge in [0.2, 0.25) is 0 Å². The summed E-state index contributed by atoms with van der Waals surface area (Å²) in [7, 11) is 0. The van der Waals surface area contributed by atoms with Crippen LogP contribution in [0.2, 0.25) is 0 Å². The molecule has 80 valence electrons. The summed E-state index contributed by atoms with van der Waals surface area (Å²) in [5.41, 5.74) is 1.01. The van der Waals surface area contributed by atoms with Gasteiger partial charge >= 0.3 is 0 Å². The molecule has 0 unspecified atom stereocenters. The summed E-state index contributed by atoms with van der Waals surface area (Å²) in [6, 6.07) is 9.92. The van der Waals surface area contributed by atoms with E-state index in [0.717, 1.165) is 16.3 Å². The van der Waals surface area contributed by atoms with Crippen LogP contribution in [0.4, 0.5) is 0 Å². The highest BCUT2D eigenvalue weighted by atomic mass is 32.2. The quantitative estimate of drug-likeness (QED) is 0.795. The molecule has 2 aromatic rings. The average molecular weight is 230 g/mol. The maximum absolute atomic E-state index is 9.74. The number of benzene rings is 1. The molecule has 0 amide bonds. The standard InChI is InChI=1S/C12H10N2OS/c15-12-8-16-7-11-10(12)6-13-14(11)9-4-2-1-3-5-9/h1-7,15H,8H2. The molecular formula is C12H10N2OS. The van der Waals surface area contributed by atoms with Crippen LogP contribution in [0, 0.1) is 0 Å². The van der Waals surface area contributed by atoms with Gasteiger partial charge in [0.05, 0.1) is 28.2 Å². The number of hydrogen-bond acceptors (Lipinski definition) is 3. The number of rotatable bonds is 1. The lowest BCUT2D eigenvalue weighted by atomic mass is 10.3. The molecule has 16 heavy (non-hydrogen) atoms. The van der Waals surface area contributed by atoms with Gasteiger partial charge in [0.15, 0.2) is 0 Å². The molecule has 1 N–H and O–H groups in total. The molecule has 1 aliphatic heterocycles. The van der Waals surface area contributed by atoms with E-state index in [2.05, 4.69) is 5.10 Å². The third-order valence-electron chi connectivity index (χ3n) is 2.53. The normalized spacial score (nSPS) is 14.4. The van der Waals surface area contributed by atoms with Crippen LogP contribution in [0.1, 0.15) is 0 Å². The summed E-state index contributed by atoms with van der Waals surface area (Å²) in [4.78, 5) is 0. The van der Waals surface area contributed by atoms with E-state index in [0.29, 0.717) is 11.5 Å². The van der Waals surface area contributed by atoms with Crippen LogP contribution in [0.5, 0.6) is 0 Å². The zero-order valence-corrected chi connectivity index (χ0v) is 9.31. The highest BCUT2D eigenvalue weighted by Crippen LogP contribution is 2.09. The van der Waals surface area contributed by atoms with E-state index in [4.69, 9.17) is 0 Å². The van der Waals surface area contributed by atoms with E-state index < -0.39 is 0 Å². The van der Waals surface area contributed by atoms with E-state index in [9.17, 15) is 5.11 Å². The number of thioether (sulfide) groups is 1. The number of aliphatic hydroxyl groups excluding tert-OH is 1. The molecule has 0 spiro atoms. The Morgan fingerprint density at radius 3 is 2.88 bits per heavy atom. The van der Waals surface area contributed by atoms with Crippen molar-refractivity contribution in [3.05, 3.63) is 47.1 Å². The summed E-state index contributed by atoms with van der Waals surface area (Å²) in [6.07, 6.45) is 1.72. The third kappa shape index (κ3) is 1.42. The average Bonchev–Trinajstić information content (AvgIpc) is 2.75. The van der Waals surface area contributed by atoms with Gasteiger partial charge in [-0.25, -0.2) is 4.68 Å². The van der Waals surface area contributed by atoms with Crippen molar-refractivity contribution in [2.75, 3.05) is 5.75 Å². The van der Waals surface area contributed by atoms with Crippen LogP contribution < -0.4 is 10.6 Å². The van der Waals surface area contributed by atoms with Crippen LogP contribution in [0.15, 0.2) is 36.5 Å². The van der Waals surface area contributed by atoms with Crippen LogP contribution in [0.25, 0.3) is 16.9 Å². The molecule has 0 bridgehead atoms. The Labute approximate surface area is 96.7 Å². The lowest BCUT2D eigenvalue weighted by molar-refractivity contribution is 0.500. The van der Waals surface area contributed by atoms with E-state index in [1.807, 2.05) is 40.4 Å². The second-order valence-electron chi connectivity index (χ2n) is 3.57. The molecule has 0 saturated heterocycles. The number of para-hydroxylation sites is 1. The fraction of sp³-hybridized carbons (Fsp3) is 0.0833. The van der Waals surface area contributed by atoms with Crippen molar-refractivity contribution < 1.29 is 5.11 Å². The molecule has 0 fully saturated rings. The minimum Gasteiger partial charge on any atom is -0.511 e. The van der Waals surface area contributed by atoms with Crippen molar-refractivity contribution in [1.29, 1.82) is 0 Å². The Balaban J connectivity index is 2.31. The Morgan fingerprint density at radius 2 is 2.06 bits per heavy atom. The summed E-state index contributed by atoms with van der Waals surface area (Å²) in [6.45, 7) is 0. The number of nitrogens with zero attached hydrogens (tertiary/aromatic N) is 2. The molecule has 3 nitrogen and oxygen atoms in total. The van der Waals surface area contributed by atoms with E-state index in [1.165, 1.54) is 0 Å². The first-order valence-electron chi connectivity index (χ1n) is 4.99. The van der Waals surface area contributed by atoms with Crippen molar-refractivity contribution in [1.82, 2.24) is 9.78 Å². The lowest BCUT2D eigenvalue weighted by Gasteiger charge is -2.04. The SMILES string of the molecule is OC1=c2cnn(-c3ccccc3)c2=CSC1. The van der Waals surface area contributed by atoms with Crippen LogP contribution in [0.3, 0.4) is 0 Å². The fourth-order valence-electron chi connectivity index (χ4n) is 1.75. The predicted molar refractivity (Wildman–Crippen MR) is 65.8 cm³/mol. The van der Waals surface area contributed by atoms with Crippen molar-refractivity contribution in [2.24, 2.45) is 0 Å². The van der Waals surface area contributed by atoms with Gasteiger partial charge < -0.3 is 5.11 Å². The van der Waals surface area contributed by atoms with Gasteiger partial charge in [-0.05, 0) is 17.5 Å². The van der Waals surface area contributed by atoms with E-state index in [-0.39, 0.29) is 0 Å². The second-order valence-corrected chi connectivity index (χ2v) is 4.42. The Hall–Kier alpha value is -1.68. The first kappa shape index (κ1) is 9.54. The maximum Gasteiger partial charge on any atom is 0.113 e. The van der Waals surface area contributed by atoms with Gasteiger partial charge in [-0.3, -0.25) is 0 Å². The van der Waals surface area contributed by atoms with E-state index >= 15 is 0 Å². The van der Waals surface area contributed by atoms with E-state index in [1.54, 1.807) is 18.0 Å². The van der Waals surface area contributed by atoms with Crippen molar-refractivity contribution in [3.8, 4) is 5.69 Å². The smallest absolute Gasteiger partial charge is 0.113 e. The predicted octanol–water partition coefficient (Wildman–Crippen LogP) is 1.02. The highest BCUT2D eigenvalue weighted by Gasteiger charge is 2.08. The molecule has 1 aromatic heterocycles. The van der Waals surface area contributed by atoms with Crippen molar-refractivity contribution in [2.45, 2.75) is 0 Å². The third-order valence-corrected chi connectivity index (χ3v) is 3.36. The topological polar surface area (TPSA) is 38.1 Å². The number of hydrogen-bond donors (Lipinski definition) is 1. The minimum atomic E-state index is 0.407. The molecular weight excluding hydrogens is 220 g/mol. The van der Waals surface area contributed by atoms with Gasteiger partial charge in [0.1, 0.15) is 5.76 Å². The Kier molecular flexibility index (Phi) is 2.22. The largest absolute Gasteiger partial charge is 0.511 e. The highest BCUT2D eigenvalue weighted by molar-refractivity contribution is 8.06. The van der Waals surface area contributed by atoms with Crippen LogP contribution in [-0.2, 0) is 0 Å². The van der Waals surface area contributed by atoms with Gasteiger partial charge in [-0.2, -0.15) is 5.10 Å². The fourth-order valence-corrected chi connectivity index (χ4v) is 2.53. The lowest BCUT2D eigenvalue weighted by Crippen LogP contribution is -2.32. The molecule has 1 aromatic carbocycles. The van der Waals surface area contributed by atoms with Gasteiger partial charge in [0.25, 0.3) is 0 Å². The molecule has 1 aliphatic rings. The van der Waals surface area contributed by atoms with Crippen molar-refractivity contribution >= 4 is 22.9 Å². The minimum absolute atomic E-state index is 0.407. The maximum atomic E-state index is 9.74. The van der Waals surface area contributed by atoms with Crippen LogP contribution in [-0.4, -0.2) is 20.6 Å². The summed E-state index contributed by atoms with van der Waals surface area (Å²) in [5.74, 6) is 1.04. The van der Waals surface area contributed by atoms with Gasteiger partial charge in [0, 0.05) is 0 Å². The zero-order valence-electron chi connectivity index (χ0n) is 8.50. The Bertz CT molecular complexity index is 631. The summed E-state index contributed by atoms with van der Waals surface area (Å²) < 4.78 is 1.84. The number of aliphatic hydroxyl groups is 1. The summed E-state index contributed by atoms with van der Waals surface area (Å²) in [5, 5.41) is 17.9. The van der Waals surface area contributed by atoms with Gasteiger partial charge in [-0.15, -0.1) is 11.8 Å². The molecule has 0 atom stereocenters. The molecule has 0 saturated carbocycles. The molecule has 0 radical (unpaired) electrons. The molecule has 4 heteroatoms. The zero-order chi connectivity index (χ0) is 11.0. The van der Waals surface area contributed by atoms with Crippen LogP contribution >= 0.6 is 11.8 Å². The first-order chi connectivity index (χ1) is 7.86. The molecule has 3 rings (SSSR count). The van der Waals surface area contributed by atoms with Gasteiger partial charge in [-0.1, -0.05) is 18.2 Å². The Morgan fingerprint density at radius 1 is 1.25 bits per heavy atom. The van der Waals surface area contributed by atoms with Crippen molar-refractivity contribution in [3.63, 3.8) is 0 Å².